The molecule has 4 aromatic rings. The van der Waals surface area contributed by atoms with Crippen molar-refractivity contribution in [3.63, 3.8) is 0 Å². The number of aromatic nitrogens is 3. The summed E-state index contributed by atoms with van der Waals surface area (Å²) in [4.78, 5) is 4.69. The van der Waals surface area contributed by atoms with E-state index in [9.17, 15) is 0 Å². The summed E-state index contributed by atoms with van der Waals surface area (Å²) < 4.78 is 1.06. The smallest absolute Gasteiger partial charge is 0.146 e. The number of thioether (sulfide) groups is 1. The molecular formula is C19H13Cl2N3S2. The Morgan fingerprint density at radius 2 is 1.85 bits per heavy atom. The summed E-state index contributed by atoms with van der Waals surface area (Å²) in [6, 6.07) is 15.6. The van der Waals surface area contributed by atoms with Crippen molar-refractivity contribution in [2.75, 3.05) is 0 Å². The summed E-state index contributed by atoms with van der Waals surface area (Å²) in [5.74, 6) is 0.682. The molecular weight excluding hydrogens is 405 g/mol. The van der Waals surface area contributed by atoms with Gasteiger partial charge in [-0.25, -0.2) is 4.98 Å². The molecule has 2 aromatic carbocycles. The van der Waals surface area contributed by atoms with Crippen LogP contribution < -0.4 is 0 Å². The molecule has 0 bridgehead atoms. The van der Waals surface area contributed by atoms with Gasteiger partial charge in [0.05, 0.1) is 9.71 Å². The quantitative estimate of drug-likeness (QED) is 0.347. The van der Waals surface area contributed by atoms with Gasteiger partial charge in [0.2, 0.25) is 0 Å². The third-order valence-electron chi connectivity index (χ3n) is 3.82. The number of hydrogen-bond donors (Lipinski definition) is 0. The summed E-state index contributed by atoms with van der Waals surface area (Å²) in [5, 5.41) is 12.0. The van der Waals surface area contributed by atoms with E-state index in [1.807, 2.05) is 49.4 Å². The lowest BCUT2D eigenvalue weighted by Gasteiger charge is -2.06. The maximum atomic E-state index is 6.28. The first kappa shape index (κ1) is 17.7. The van der Waals surface area contributed by atoms with E-state index in [4.69, 9.17) is 23.2 Å². The number of nitrogens with zero attached hydrogens (tertiary/aromatic N) is 3. The average Bonchev–Trinajstić information content (AvgIpc) is 3.03. The summed E-state index contributed by atoms with van der Waals surface area (Å²) in [6.07, 6.45) is 0. The molecule has 0 aliphatic heterocycles. The Labute approximate surface area is 169 Å². The molecule has 0 unspecified atom stereocenters. The largest absolute Gasteiger partial charge is 0.238 e. The Morgan fingerprint density at radius 3 is 2.62 bits per heavy atom. The van der Waals surface area contributed by atoms with Crippen molar-refractivity contribution in [2.45, 2.75) is 17.7 Å². The highest BCUT2D eigenvalue weighted by molar-refractivity contribution is 7.98. The van der Waals surface area contributed by atoms with E-state index in [0.29, 0.717) is 15.8 Å². The van der Waals surface area contributed by atoms with Crippen molar-refractivity contribution in [1.29, 1.82) is 0 Å². The van der Waals surface area contributed by atoms with E-state index in [1.165, 1.54) is 0 Å². The second-order valence-electron chi connectivity index (χ2n) is 5.65. The van der Waals surface area contributed by atoms with Crippen LogP contribution in [-0.2, 0) is 5.75 Å². The van der Waals surface area contributed by atoms with Crippen molar-refractivity contribution in [1.82, 2.24) is 15.2 Å². The molecule has 0 aliphatic carbocycles. The van der Waals surface area contributed by atoms with E-state index >= 15 is 0 Å². The van der Waals surface area contributed by atoms with E-state index < -0.39 is 0 Å². The molecule has 0 saturated heterocycles. The topological polar surface area (TPSA) is 38.7 Å². The van der Waals surface area contributed by atoms with E-state index in [-0.39, 0.29) is 0 Å². The number of benzene rings is 2. The molecule has 4 rings (SSSR count). The number of aryl methyl sites for hydroxylation is 1. The van der Waals surface area contributed by atoms with Gasteiger partial charge in [-0.3, -0.25) is 0 Å². The van der Waals surface area contributed by atoms with Gasteiger partial charge in [0.1, 0.15) is 16.2 Å². The Bertz CT molecular complexity index is 1080. The zero-order valence-electron chi connectivity index (χ0n) is 13.7. The lowest BCUT2D eigenvalue weighted by molar-refractivity contribution is 0.955. The first-order valence-corrected chi connectivity index (χ1v) is 10.4. The van der Waals surface area contributed by atoms with Crippen LogP contribution >= 0.6 is 46.3 Å². The number of rotatable bonds is 4. The zero-order valence-corrected chi connectivity index (χ0v) is 16.9. The Morgan fingerprint density at radius 1 is 1.04 bits per heavy atom. The molecule has 0 atom stereocenters. The summed E-state index contributed by atoms with van der Waals surface area (Å²) in [6.45, 7) is 2.00. The lowest BCUT2D eigenvalue weighted by atomic mass is 10.1. The standard InChI is InChI=1S/C19H13Cl2N3S2/c1-11-22-17-18(26-11)16(12-5-3-2-4-6-12)23-24-19(17)25-10-13-7-8-14(20)9-15(13)21/h2-9H,10H2,1H3. The Kier molecular flexibility index (Phi) is 5.14. The van der Waals surface area contributed by atoms with Crippen LogP contribution in [0.5, 0.6) is 0 Å². The van der Waals surface area contributed by atoms with Crippen LogP contribution in [0.4, 0.5) is 0 Å². The summed E-state index contributed by atoms with van der Waals surface area (Å²) in [7, 11) is 0. The van der Waals surface area contributed by atoms with Gasteiger partial charge < -0.3 is 0 Å². The van der Waals surface area contributed by atoms with Gasteiger partial charge in [-0.2, -0.15) is 0 Å². The van der Waals surface area contributed by atoms with Crippen LogP contribution in [0, 0.1) is 6.92 Å². The lowest BCUT2D eigenvalue weighted by Crippen LogP contribution is -1.93. The van der Waals surface area contributed by atoms with Gasteiger partial charge in [0, 0.05) is 21.4 Å². The fourth-order valence-electron chi connectivity index (χ4n) is 2.59. The molecule has 0 fully saturated rings. The Balaban J connectivity index is 1.70. The van der Waals surface area contributed by atoms with Crippen LogP contribution in [0.25, 0.3) is 21.5 Å². The maximum absolute atomic E-state index is 6.28. The fraction of sp³-hybridized carbons (Fsp3) is 0.105. The SMILES string of the molecule is Cc1nc2c(SCc3ccc(Cl)cc3Cl)nnc(-c3ccccc3)c2s1. The molecule has 0 aliphatic rings. The second kappa shape index (κ2) is 7.53. The summed E-state index contributed by atoms with van der Waals surface area (Å²) >= 11 is 15.5. The van der Waals surface area contributed by atoms with Crippen molar-refractivity contribution in [2.24, 2.45) is 0 Å². The van der Waals surface area contributed by atoms with Gasteiger partial charge >= 0.3 is 0 Å². The zero-order chi connectivity index (χ0) is 18.1. The highest BCUT2D eigenvalue weighted by Gasteiger charge is 2.16. The van der Waals surface area contributed by atoms with Crippen LogP contribution in [0.15, 0.2) is 53.6 Å². The number of hydrogen-bond acceptors (Lipinski definition) is 5. The number of halogens is 2. The minimum atomic E-state index is 0.633. The van der Waals surface area contributed by atoms with Crippen molar-refractivity contribution in [3.05, 3.63) is 69.1 Å². The molecule has 7 heteroatoms. The van der Waals surface area contributed by atoms with Crippen molar-refractivity contribution in [3.8, 4) is 11.3 Å². The predicted octanol–water partition coefficient (Wildman–Crippen LogP) is 6.66. The molecule has 0 saturated carbocycles. The monoisotopic (exact) mass is 417 g/mol. The molecule has 0 N–H and O–H groups in total. The Hall–Kier alpha value is -1.66. The van der Waals surface area contributed by atoms with Crippen LogP contribution in [-0.4, -0.2) is 15.2 Å². The summed E-state index contributed by atoms with van der Waals surface area (Å²) in [5.41, 5.74) is 3.83. The molecule has 2 heterocycles. The average molecular weight is 418 g/mol. The molecule has 2 aromatic heterocycles. The van der Waals surface area contributed by atoms with Gasteiger partial charge in [-0.05, 0) is 24.6 Å². The number of thiazole rings is 1. The third-order valence-corrected chi connectivity index (χ3v) is 6.39. The van der Waals surface area contributed by atoms with Crippen molar-refractivity contribution >= 4 is 56.5 Å². The molecule has 130 valence electrons. The van der Waals surface area contributed by atoms with Crippen LogP contribution in [0.3, 0.4) is 0 Å². The molecule has 3 nitrogen and oxygen atoms in total. The maximum Gasteiger partial charge on any atom is 0.146 e. The van der Waals surface area contributed by atoms with E-state index in [0.717, 1.165) is 37.1 Å². The molecule has 0 radical (unpaired) electrons. The predicted molar refractivity (Wildman–Crippen MR) is 111 cm³/mol. The van der Waals surface area contributed by atoms with E-state index in [2.05, 4.69) is 15.2 Å². The fourth-order valence-corrected chi connectivity index (χ4v) is 5.06. The molecule has 26 heavy (non-hydrogen) atoms. The van der Waals surface area contributed by atoms with Crippen LogP contribution in [0.1, 0.15) is 10.6 Å². The van der Waals surface area contributed by atoms with Gasteiger partial charge in [0.15, 0.2) is 0 Å². The van der Waals surface area contributed by atoms with Gasteiger partial charge in [0.25, 0.3) is 0 Å². The van der Waals surface area contributed by atoms with Crippen LogP contribution in [0.2, 0.25) is 10.0 Å². The minimum absolute atomic E-state index is 0.633. The van der Waals surface area contributed by atoms with Crippen molar-refractivity contribution < 1.29 is 0 Å². The number of fused-ring (bicyclic) bond motifs is 1. The highest BCUT2D eigenvalue weighted by Crippen LogP contribution is 2.36. The second-order valence-corrected chi connectivity index (χ2v) is 8.67. The molecule has 0 amide bonds. The molecule has 0 spiro atoms. The van der Waals surface area contributed by atoms with Gasteiger partial charge in [-0.1, -0.05) is 71.4 Å². The van der Waals surface area contributed by atoms with E-state index in [1.54, 1.807) is 29.2 Å². The third kappa shape index (κ3) is 3.58. The highest BCUT2D eigenvalue weighted by atomic mass is 35.5. The van der Waals surface area contributed by atoms with Gasteiger partial charge in [-0.15, -0.1) is 21.5 Å². The normalized spacial score (nSPS) is 11.2. The minimum Gasteiger partial charge on any atom is -0.238 e. The first-order chi connectivity index (χ1) is 12.6. The first-order valence-electron chi connectivity index (χ1n) is 7.88.